The Morgan fingerprint density at radius 1 is 1.26 bits per heavy atom. The molecule has 0 atom stereocenters. The number of aryl methyl sites for hydroxylation is 1. The second kappa shape index (κ2) is 6.80. The summed E-state index contributed by atoms with van der Waals surface area (Å²) in [7, 11) is 1.64. The van der Waals surface area contributed by atoms with E-state index >= 15 is 0 Å². The van der Waals surface area contributed by atoms with Gasteiger partial charge in [0.15, 0.2) is 0 Å². The molecule has 0 fully saturated rings. The lowest BCUT2D eigenvalue weighted by atomic mass is 10.3. The number of ether oxygens (including phenoxy) is 2. The molecule has 5 nitrogen and oxygen atoms in total. The van der Waals surface area contributed by atoms with E-state index in [0.717, 1.165) is 17.0 Å². The summed E-state index contributed by atoms with van der Waals surface area (Å²) in [5, 5.41) is 3.25. The first kappa shape index (κ1) is 13.4. The van der Waals surface area contributed by atoms with Crippen molar-refractivity contribution in [1.82, 2.24) is 4.98 Å². The third-order valence-electron chi connectivity index (χ3n) is 2.69. The van der Waals surface area contributed by atoms with Gasteiger partial charge in [-0.1, -0.05) is 0 Å². The number of aromatic nitrogens is 1. The average Bonchev–Trinajstić information content (AvgIpc) is 2.84. The lowest BCUT2D eigenvalue weighted by Crippen LogP contribution is -2.05. The van der Waals surface area contributed by atoms with Crippen LogP contribution in [0.15, 0.2) is 35.1 Å². The van der Waals surface area contributed by atoms with Crippen LogP contribution in [-0.2, 0) is 11.3 Å². The molecule has 2 aromatic heterocycles. The zero-order valence-electron chi connectivity index (χ0n) is 11.2. The molecule has 2 heterocycles. The first-order valence-corrected chi connectivity index (χ1v) is 6.14. The number of nitrogens with one attached hydrogen (secondary N) is 1. The second-order valence-corrected chi connectivity index (χ2v) is 4.11. The van der Waals surface area contributed by atoms with Gasteiger partial charge >= 0.3 is 0 Å². The molecule has 5 heteroatoms. The minimum Gasteiger partial charge on any atom is -0.475 e. The van der Waals surface area contributed by atoms with E-state index in [0.29, 0.717) is 25.6 Å². The van der Waals surface area contributed by atoms with Gasteiger partial charge in [0.1, 0.15) is 12.4 Å². The Hall–Kier alpha value is -2.01. The van der Waals surface area contributed by atoms with E-state index in [2.05, 4.69) is 10.3 Å². The molecule has 0 saturated carbocycles. The predicted molar refractivity (Wildman–Crippen MR) is 72.4 cm³/mol. The molecule has 2 aromatic rings. The Bertz CT molecular complexity index is 494. The van der Waals surface area contributed by atoms with Gasteiger partial charge < -0.3 is 19.2 Å². The molecular formula is C14H18N2O3. The third-order valence-corrected chi connectivity index (χ3v) is 2.69. The van der Waals surface area contributed by atoms with Crippen molar-refractivity contribution in [2.24, 2.45) is 0 Å². The largest absolute Gasteiger partial charge is 0.475 e. The minimum absolute atomic E-state index is 0.502. The number of methoxy groups -OCH3 is 1. The number of hydrogen-bond donors (Lipinski definition) is 1. The summed E-state index contributed by atoms with van der Waals surface area (Å²) in [5.41, 5.74) is 2.06. The van der Waals surface area contributed by atoms with E-state index in [4.69, 9.17) is 13.9 Å². The van der Waals surface area contributed by atoms with Crippen molar-refractivity contribution in [2.45, 2.75) is 13.5 Å². The summed E-state index contributed by atoms with van der Waals surface area (Å²) in [4.78, 5) is 4.20. The van der Waals surface area contributed by atoms with E-state index in [9.17, 15) is 0 Å². The number of anilines is 1. The fraction of sp³-hybridized carbons (Fsp3) is 0.357. The molecule has 0 aliphatic heterocycles. The predicted octanol–water partition coefficient (Wildman–Crippen LogP) is 2.62. The van der Waals surface area contributed by atoms with Gasteiger partial charge in [0.05, 0.1) is 31.3 Å². The van der Waals surface area contributed by atoms with Crippen molar-refractivity contribution in [3.63, 3.8) is 0 Å². The van der Waals surface area contributed by atoms with Gasteiger partial charge in [0.2, 0.25) is 5.88 Å². The average molecular weight is 262 g/mol. The molecular weight excluding hydrogens is 244 g/mol. The van der Waals surface area contributed by atoms with Crippen LogP contribution in [0, 0.1) is 6.92 Å². The Morgan fingerprint density at radius 2 is 2.16 bits per heavy atom. The van der Waals surface area contributed by atoms with Crippen molar-refractivity contribution in [3.8, 4) is 5.88 Å². The summed E-state index contributed by atoms with van der Waals surface area (Å²) >= 11 is 0. The molecule has 0 radical (unpaired) electrons. The van der Waals surface area contributed by atoms with Gasteiger partial charge in [-0.2, -0.15) is 0 Å². The summed E-state index contributed by atoms with van der Waals surface area (Å²) in [6, 6.07) is 5.70. The maximum atomic E-state index is 5.39. The summed E-state index contributed by atoms with van der Waals surface area (Å²) in [6.07, 6.45) is 3.43. The highest BCUT2D eigenvalue weighted by atomic mass is 16.5. The molecule has 0 bridgehead atoms. The van der Waals surface area contributed by atoms with Crippen LogP contribution in [0.4, 0.5) is 5.69 Å². The number of nitrogens with zero attached hydrogens (tertiary/aromatic N) is 1. The van der Waals surface area contributed by atoms with Crippen molar-refractivity contribution in [2.75, 3.05) is 25.6 Å². The van der Waals surface area contributed by atoms with Crippen molar-refractivity contribution in [1.29, 1.82) is 0 Å². The molecule has 0 amide bonds. The number of pyridine rings is 1. The van der Waals surface area contributed by atoms with Gasteiger partial charge in [0, 0.05) is 13.2 Å². The van der Waals surface area contributed by atoms with Crippen LogP contribution in [0.3, 0.4) is 0 Å². The fourth-order valence-electron chi connectivity index (χ4n) is 1.57. The Morgan fingerprint density at radius 3 is 2.79 bits per heavy atom. The smallest absolute Gasteiger partial charge is 0.213 e. The zero-order chi connectivity index (χ0) is 13.5. The lowest BCUT2D eigenvalue weighted by Gasteiger charge is -2.07. The monoisotopic (exact) mass is 262 g/mol. The number of furan rings is 1. The maximum absolute atomic E-state index is 5.39. The van der Waals surface area contributed by atoms with Crippen molar-refractivity contribution in [3.05, 3.63) is 42.0 Å². The zero-order valence-corrected chi connectivity index (χ0v) is 11.2. The summed E-state index contributed by atoms with van der Waals surface area (Å²) < 4.78 is 15.6. The lowest BCUT2D eigenvalue weighted by molar-refractivity contribution is 0.144. The normalized spacial score (nSPS) is 10.4. The van der Waals surface area contributed by atoms with Crippen LogP contribution < -0.4 is 10.1 Å². The van der Waals surface area contributed by atoms with Crippen LogP contribution in [0.5, 0.6) is 5.88 Å². The van der Waals surface area contributed by atoms with Crippen molar-refractivity contribution < 1.29 is 13.9 Å². The molecule has 2 rings (SSSR count). The molecule has 1 N–H and O–H groups in total. The second-order valence-electron chi connectivity index (χ2n) is 4.11. The molecule has 102 valence electrons. The van der Waals surface area contributed by atoms with Crippen LogP contribution in [0.25, 0.3) is 0 Å². The standard InChI is InChI=1S/C14H18N2O3/c1-11-5-6-18-13(11)10-15-12-3-4-14(16-9-12)19-8-7-17-2/h3-6,9,15H,7-8,10H2,1-2H3. The third kappa shape index (κ3) is 3.99. The van der Waals surface area contributed by atoms with Crippen LogP contribution in [0.2, 0.25) is 0 Å². The highest BCUT2D eigenvalue weighted by Gasteiger charge is 2.02. The first-order valence-electron chi connectivity index (χ1n) is 6.14. The topological polar surface area (TPSA) is 56.5 Å². The molecule has 0 unspecified atom stereocenters. The Balaban J connectivity index is 1.83. The van der Waals surface area contributed by atoms with E-state index in [-0.39, 0.29) is 0 Å². The van der Waals surface area contributed by atoms with Gasteiger partial charge in [-0.15, -0.1) is 0 Å². The molecule has 0 aliphatic carbocycles. The van der Waals surface area contributed by atoms with E-state index in [1.54, 1.807) is 19.6 Å². The molecule has 0 aliphatic rings. The number of hydrogen-bond acceptors (Lipinski definition) is 5. The highest BCUT2D eigenvalue weighted by molar-refractivity contribution is 5.42. The Kier molecular flexibility index (Phi) is 4.80. The molecule has 0 saturated heterocycles. The van der Waals surface area contributed by atoms with E-state index < -0.39 is 0 Å². The molecule has 0 aromatic carbocycles. The SMILES string of the molecule is COCCOc1ccc(NCc2occc2C)cn1. The van der Waals surface area contributed by atoms with Gasteiger partial charge in [-0.05, 0) is 24.6 Å². The van der Waals surface area contributed by atoms with Gasteiger partial charge in [-0.25, -0.2) is 4.98 Å². The van der Waals surface area contributed by atoms with Crippen molar-refractivity contribution >= 4 is 5.69 Å². The number of rotatable bonds is 7. The minimum atomic E-state index is 0.502. The van der Waals surface area contributed by atoms with E-state index in [1.807, 2.05) is 25.1 Å². The van der Waals surface area contributed by atoms with Gasteiger partial charge in [-0.3, -0.25) is 0 Å². The summed E-state index contributed by atoms with van der Waals surface area (Å²) in [5.74, 6) is 1.53. The maximum Gasteiger partial charge on any atom is 0.213 e. The van der Waals surface area contributed by atoms with Crippen LogP contribution in [0.1, 0.15) is 11.3 Å². The highest BCUT2D eigenvalue weighted by Crippen LogP contribution is 2.14. The quantitative estimate of drug-likeness (QED) is 0.777. The van der Waals surface area contributed by atoms with Crippen LogP contribution >= 0.6 is 0 Å². The Labute approximate surface area is 112 Å². The van der Waals surface area contributed by atoms with Crippen LogP contribution in [-0.4, -0.2) is 25.3 Å². The van der Waals surface area contributed by atoms with E-state index in [1.165, 1.54) is 0 Å². The first-order chi connectivity index (χ1) is 9.29. The molecule has 0 spiro atoms. The fourth-order valence-corrected chi connectivity index (χ4v) is 1.57. The van der Waals surface area contributed by atoms with Gasteiger partial charge in [0.25, 0.3) is 0 Å². The molecule has 19 heavy (non-hydrogen) atoms. The summed E-state index contributed by atoms with van der Waals surface area (Å²) in [6.45, 7) is 3.72.